The van der Waals surface area contributed by atoms with Gasteiger partial charge in [-0.1, -0.05) is 36.8 Å². The zero-order chi connectivity index (χ0) is 15.4. The maximum absolute atomic E-state index is 10.9. The molecule has 3 heteroatoms. The molecule has 0 bridgehead atoms. The molecule has 0 saturated heterocycles. The van der Waals surface area contributed by atoms with E-state index in [1.54, 1.807) is 12.1 Å². The molecule has 0 radical (unpaired) electrons. The van der Waals surface area contributed by atoms with Crippen LogP contribution >= 0.6 is 0 Å². The monoisotopic (exact) mass is 286 g/mol. The second-order valence-electron chi connectivity index (χ2n) is 5.64. The van der Waals surface area contributed by atoms with Crippen LogP contribution in [0.3, 0.4) is 0 Å². The first kappa shape index (κ1) is 15.5. The summed E-state index contributed by atoms with van der Waals surface area (Å²) in [5, 5.41) is 19.6. The first-order chi connectivity index (χ1) is 10.0. The van der Waals surface area contributed by atoms with Crippen LogP contribution in [0.4, 0.5) is 0 Å². The molecule has 112 valence electrons. The number of carbonyl (C=O) groups is 1. The predicted molar refractivity (Wildman–Crippen MR) is 83.5 cm³/mol. The fourth-order valence-electron chi connectivity index (χ4n) is 2.78. The van der Waals surface area contributed by atoms with Crippen molar-refractivity contribution in [2.75, 3.05) is 0 Å². The summed E-state index contributed by atoms with van der Waals surface area (Å²) in [6, 6.07) is 6.83. The van der Waals surface area contributed by atoms with Crippen molar-refractivity contribution in [2.24, 2.45) is 0 Å². The summed E-state index contributed by atoms with van der Waals surface area (Å²) in [4.78, 5) is 10.9. The maximum atomic E-state index is 10.9. The van der Waals surface area contributed by atoms with E-state index in [9.17, 15) is 9.90 Å². The van der Waals surface area contributed by atoms with Gasteiger partial charge in [0, 0.05) is 5.92 Å². The predicted octanol–water partition coefficient (Wildman–Crippen LogP) is 3.91. The Balaban J connectivity index is 2.20. The van der Waals surface area contributed by atoms with Crippen molar-refractivity contribution >= 4 is 5.97 Å². The summed E-state index contributed by atoms with van der Waals surface area (Å²) in [6.45, 7) is 4.14. The number of aliphatic hydroxyl groups is 1. The van der Waals surface area contributed by atoms with Gasteiger partial charge in [-0.25, -0.2) is 4.79 Å². The van der Waals surface area contributed by atoms with Crippen LogP contribution in [0.5, 0.6) is 0 Å². The Morgan fingerprint density at radius 2 is 1.86 bits per heavy atom. The fraction of sp³-hybridized carbons (Fsp3) is 0.389. The van der Waals surface area contributed by atoms with E-state index in [4.69, 9.17) is 5.11 Å². The minimum absolute atomic E-state index is 0.00546. The Bertz CT molecular complexity index is 567. The van der Waals surface area contributed by atoms with Crippen LogP contribution in [-0.4, -0.2) is 22.3 Å². The molecule has 0 heterocycles. The first-order valence-corrected chi connectivity index (χ1v) is 7.40. The van der Waals surface area contributed by atoms with Gasteiger partial charge in [-0.2, -0.15) is 0 Å². The summed E-state index contributed by atoms with van der Waals surface area (Å²) in [5.74, 6) is -0.920. The van der Waals surface area contributed by atoms with E-state index in [0.717, 1.165) is 30.4 Å². The van der Waals surface area contributed by atoms with Crippen molar-refractivity contribution in [1.82, 2.24) is 0 Å². The minimum Gasteiger partial charge on any atom is -0.478 e. The average Bonchev–Trinajstić information content (AvgIpc) is 2.49. The van der Waals surface area contributed by atoms with Gasteiger partial charge < -0.3 is 10.2 Å². The molecule has 2 unspecified atom stereocenters. The fourth-order valence-corrected chi connectivity index (χ4v) is 2.78. The van der Waals surface area contributed by atoms with Crippen molar-refractivity contribution < 1.29 is 15.0 Å². The molecular formula is C18H22O3. The SMILES string of the molecule is CCC(c1ccc(C(=O)O)cc1)C(O)C1=CC=C(C)CC1. The average molecular weight is 286 g/mol. The zero-order valence-electron chi connectivity index (χ0n) is 12.5. The number of allylic oxidation sites excluding steroid dienone is 3. The highest BCUT2D eigenvalue weighted by Crippen LogP contribution is 2.31. The second-order valence-corrected chi connectivity index (χ2v) is 5.64. The third kappa shape index (κ3) is 3.61. The highest BCUT2D eigenvalue weighted by Gasteiger charge is 2.23. The Morgan fingerprint density at radius 3 is 2.33 bits per heavy atom. The molecule has 0 aliphatic heterocycles. The van der Waals surface area contributed by atoms with Crippen LogP contribution in [0.25, 0.3) is 0 Å². The molecule has 1 aromatic carbocycles. The maximum Gasteiger partial charge on any atom is 0.335 e. The lowest BCUT2D eigenvalue weighted by Crippen LogP contribution is -2.21. The zero-order valence-corrected chi connectivity index (χ0v) is 12.5. The van der Waals surface area contributed by atoms with Gasteiger partial charge >= 0.3 is 5.97 Å². The first-order valence-electron chi connectivity index (χ1n) is 7.40. The standard InChI is InChI=1S/C18H22O3/c1-3-16(13-8-10-15(11-9-13)18(20)21)17(19)14-6-4-12(2)5-7-14/h4,6,8-11,16-17,19H,3,5,7H2,1-2H3,(H,20,21). The van der Waals surface area contributed by atoms with E-state index in [1.807, 2.05) is 25.1 Å². The number of aliphatic hydroxyl groups excluding tert-OH is 1. The molecule has 1 aliphatic rings. The molecular weight excluding hydrogens is 264 g/mol. The summed E-state index contributed by atoms with van der Waals surface area (Å²) in [7, 11) is 0. The quantitative estimate of drug-likeness (QED) is 0.863. The normalized spacial score (nSPS) is 17.7. The van der Waals surface area contributed by atoms with Crippen LogP contribution in [0.2, 0.25) is 0 Å². The number of carboxylic acids is 1. The van der Waals surface area contributed by atoms with E-state index in [1.165, 1.54) is 5.57 Å². The summed E-state index contributed by atoms with van der Waals surface area (Å²) in [6.07, 6.45) is 6.30. The highest BCUT2D eigenvalue weighted by molar-refractivity contribution is 5.87. The minimum atomic E-state index is -0.925. The van der Waals surface area contributed by atoms with Gasteiger partial charge in [-0.15, -0.1) is 0 Å². The van der Waals surface area contributed by atoms with Gasteiger partial charge in [0.15, 0.2) is 0 Å². The molecule has 0 fully saturated rings. The Hall–Kier alpha value is -1.87. The van der Waals surface area contributed by atoms with Crippen molar-refractivity contribution in [3.63, 3.8) is 0 Å². The van der Waals surface area contributed by atoms with Gasteiger partial charge in [0.05, 0.1) is 11.7 Å². The largest absolute Gasteiger partial charge is 0.478 e. The lowest BCUT2D eigenvalue weighted by Gasteiger charge is -2.26. The Morgan fingerprint density at radius 1 is 1.19 bits per heavy atom. The molecule has 0 saturated carbocycles. The molecule has 21 heavy (non-hydrogen) atoms. The number of rotatable bonds is 5. The summed E-state index contributed by atoms with van der Waals surface area (Å²) >= 11 is 0. The topological polar surface area (TPSA) is 57.5 Å². The van der Waals surface area contributed by atoms with E-state index in [0.29, 0.717) is 0 Å². The lowest BCUT2D eigenvalue weighted by molar-refractivity contribution is 0.0697. The van der Waals surface area contributed by atoms with Gasteiger partial charge in [0.25, 0.3) is 0 Å². The molecule has 0 aromatic heterocycles. The molecule has 0 spiro atoms. The van der Waals surface area contributed by atoms with Gasteiger partial charge in [0.1, 0.15) is 0 Å². The third-order valence-electron chi connectivity index (χ3n) is 4.18. The van der Waals surface area contributed by atoms with Crippen LogP contribution in [0, 0.1) is 0 Å². The molecule has 3 nitrogen and oxygen atoms in total. The number of benzene rings is 1. The number of aromatic carboxylic acids is 1. The lowest BCUT2D eigenvalue weighted by atomic mass is 9.83. The molecule has 2 atom stereocenters. The van der Waals surface area contributed by atoms with Crippen LogP contribution in [-0.2, 0) is 0 Å². The van der Waals surface area contributed by atoms with E-state index in [-0.39, 0.29) is 11.5 Å². The van der Waals surface area contributed by atoms with E-state index < -0.39 is 12.1 Å². The third-order valence-corrected chi connectivity index (χ3v) is 4.18. The van der Waals surface area contributed by atoms with E-state index >= 15 is 0 Å². The Labute approximate surface area is 125 Å². The smallest absolute Gasteiger partial charge is 0.335 e. The van der Waals surface area contributed by atoms with Crippen LogP contribution in [0.1, 0.15) is 54.9 Å². The molecule has 1 aliphatic carbocycles. The van der Waals surface area contributed by atoms with E-state index in [2.05, 4.69) is 13.0 Å². The molecule has 2 N–H and O–H groups in total. The summed E-state index contributed by atoms with van der Waals surface area (Å²) < 4.78 is 0. The van der Waals surface area contributed by atoms with Crippen molar-refractivity contribution in [3.05, 3.63) is 58.7 Å². The van der Waals surface area contributed by atoms with Gasteiger partial charge in [-0.3, -0.25) is 0 Å². The molecule has 1 aromatic rings. The second kappa shape index (κ2) is 6.72. The highest BCUT2D eigenvalue weighted by atomic mass is 16.4. The molecule has 2 rings (SSSR count). The van der Waals surface area contributed by atoms with Crippen LogP contribution < -0.4 is 0 Å². The van der Waals surface area contributed by atoms with Crippen molar-refractivity contribution in [3.8, 4) is 0 Å². The van der Waals surface area contributed by atoms with Gasteiger partial charge in [0.2, 0.25) is 0 Å². The van der Waals surface area contributed by atoms with Crippen molar-refractivity contribution in [2.45, 2.75) is 45.1 Å². The van der Waals surface area contributed by atoms with Crippen LogP contribution in [0.15, 0.2) is 47.6 Å². The number of hydrogen-bond donors (Lipinski definition) is 2. The molecule has 0 amide bonds. The summed E-state index contributed by atoms with van der Waals surface area (Å²) in [5.41, 5.74) is 3.67. The number of hydrogen-bond acceptors (Lipinski definition) is 2. The van der Waals surface area contributed by atoms with Crippen molar-refractivity contribution in [1.29, 1.82) is 0 Å². The van der Waals surface area contributed by atoms with Gasteiger partial charge in [-0.05, 0) is 49.5 Å². The number of carboxylic acid groups (broad SMARTS) is 1. The Kier molecular flexibility index (Phi) is 4.97.